The monoisotopic (exact) mass is 249 g/mol. The van der Waals surface area contributed by atoms with Crippen LogP contribution in [0.5, 0.6) is 0 Å². The fourth-order valence-electron chi connectivity index (χ4n) is 1.34. The Kier molecular flexibility index (Phi) is 5.50. The normalized spacial score (nSPS) is 9.61. The van der Waals surface area contributed by atoms with Gasteiger partial charge in [-0.2, -0.15) is 10.2 Å². The maximum atomic E-state index is 12.1. The highest BCUT2D eigenvalue weighted by Gasteiger charge is 2.18. The zero-order valence-electron chi connectivity index (χ0n) is 10.2. The molecular formula is C12H15N3O3. The van der Waals surface area contributed by atoms with Gasteiger partial charge in [-0.1, -0.05) is 6.08 Å². The molecule has 0 saturated heterocycles. The predicted octanol–water partition coefficient (Wildman–Crippen LogP) is 0.668. The van der Waals surface area contributed by atoms with Crippen molar-refractivity contribution in [2.24, 2.45) is 0 Å². The van der Waals surface area contributed by atoms with Gasteiger partial charge in [0.1, 0.15) is 6.54 Å². The van der Waals surface area contributed by atoms with E-state index in [0.717, 1.165) is 0 Å². The summed E-state index contributed by atoms with van der Waals surface area (Å²) in [6.07, 6.45) is 4.32. The van der Waals surface area contributed by atoms with Crippen molar-refractivity contribution in [2.75, 3.05) is 19.7 Å². The molecule has 1 amide bonds. The van der Waals surface area contributed by atoms with E-state index in [1.807, 2.05) is 0 Å². The van der Waals surface area contributed by atoms with Gasteiger partial charge in [0, 0.05) is 6.54 Å². The number of carbonyl (C=O) groups is 2. The first-order valence-electron chi connectivity index (χ1n) is 5.51. The third-order valence-electron chi connectivity index (χ3n) is 2.09. The third-order valence-corrected chi connectivity index (χ3v) is 2.09. The van der Waals surface area contributed by atoms with Crippen LogP contribution < -0.4 is 0 Å². The van der Waals surface area contributed by atoms with Gasteiger partial charge in [0.2, 0.25) is 0 Å². The number of aromatic nitrogens is 2. The van der Waals surface area contributed by atoms with Crippen LogP contribution in [0, 0.1) is 0 Å². The minimum absolute atomic E-state index is 0.110. The Morgan fingerprint density at radius 2 is 2.28 bits per heavy atom. The van der Waals surface area contributed by atoms with Gasteiger partial charge in [0.15, 0.2) is 0 Å². The maximum absolute atomic E-state index is 12.1. The molecule has 6 nitrogen and oxygen atoms in total. The lowest BCUT2D eigenvalue weighted by Crippen LogP contribution is -2.36. The first kappa shape index (κ1) is 13.8. The van der Waals surface area contributed by atoms with Crippen molar-refractivity contribution in [1.82, 2.24) is 15.1 Å². The van der Waals surface area contributed by atoms with E-state index in [-0.39, 0.29) is 25.6 Å². The summed E-state index contributed by atoms with van der Waals surface area (Å²) >= 11 is 0. The van der Waals surface area contributed by atoms with Gasteiger partial charge in [0.25, 0.3) is 5.91 Å². The number of amides is 1. The SMILES string of the molecule is C=CCN(CC(=O)OCC)C(=O)c1ccnnc1. The van der Waals surface area contributed by atoms with E-state index in [4.69, 9.17) is 4.74 Å². The summed E-state index contributed by atoms with van der Waals surface area (Å²) in [5.41, 5.74) is 0.371. The van der Waals surface area contributed by atoms with Crippen LogP contribution in [-0.4, -0.2) is 46.7 Å². The lowest BCUT2D eigenvalue weighted by Gasteiger charge is -2.19. The largest absolute Gasteiger partial charge is 0.465 e. The lowest BCUT2D eigenvalue weighted by molar-refractivity contribution is -0.143. The average molecular weight is 249 g/mol. The zero-order chi connectivity index (χ0) is 13.4. The standard InChI is InChI=1S/C12H15N3O3/c1-3-7-15(9-11(16)18-4-2)12(17)10-5-6-13-14-8-10/h3,5-6,8H,1,4,7,9H2,2H3. The molecule has 18 heavy (non-hydrogen) atoms. The summed E-state index contributed by atoms with van der Waals surface area (Å²) in [4.78, 5) is 24.8. The Labute approximate surface area is 105 Å². The first-order valence-corrected chi connectivity index (χ1v) is 5.51. The van der Waals surface area contributed by atoms with Crippen molar-refractivity contribution >= 4 is 11.9 Å². The summed E-state index contributed by atoms with van der Waals surface area (Å²) in [7, 11) is 0. The number of carbonyl (C=O) groups excluding carboxylic acids is 2. The molecule has 1 aromatic rings. The molecule has 1 rings (SSSR count). The molecule has 0 aliphatic heterocycles. The number of ether oxygens (including phenoxy) is 1. The smallest absolute Gasteiger partial charge is 0.325 e. The van der Waals surface area contributed by atoms with Gasteiger partial charge in [-0.05, 0) is 13.0 Å². The van der Waals surface area contributed by atoms with Crippen molar-refractivity contribution in [3.8, 4) is 0 Å². The van der Waals surface area contributed by atoms with Crippen LogP contribution in [0.2, 0.25) is 0 Å². The number of rotatable bonds is 6. The highest BCUT2D eigenvalue weighted by Crippen LogP contribution is 2.03. The van der Waals surface area contributed by atoms with E-state index in [1.54, 1.807) is 13.0 Å². The summed E-state index contributed by atoms with van der Waals surface area (Å²) in [6.45, 7) is 5.71. The topological polar surface area (TPSA) is 72.4 Å². The molecule has 0 aliphatic carbocycles. The van der Waals surface area contributed by atoms with Crippen molar-refractivity contribution in [1.29, 1.82) is 0 Å². The van der Waals surface area contributed by atoms with Crippen molar-refractivity contribution in [3.05, 3.63) is 36.7 Å². The van der Waals surface area contributed by atoms with Crippen LogP contribution in [0.3, 0.4) is 0 Å². The lowest BCUT2D eigenvalue weighted by atomic mass is 10.2. The van der Waals surface area contributed by atoms with Gasteiger partial charge in [-0.25, -0.2) is 0 Å². The van der Waals surface area contributed by atoms with E-state index in [1.165, 1.54) is 23.4 Å². The quantitative estimate of drug-likeness (QED) is 0.547. The Bertz CT molecular complexity index is 420. The molecule has 0 aliphatic rings. The van der Waals surface area contributed by atoms with Crippen molar-refractivity contribution in [2.45, 2.75) is 6.92 Å². The van der Waals surface area contributed by atoms with E-state index in [9.17, 15) is 9.59 Å². The minimum Gasteiger partial charge on any atom is -0.465 e. The van der Waals surface area contributed by atoms with E-state index >= 15 is 0 Å². The van der Waals surface area contributed by atoms with Crippen LogP contribution >= 0.6 is 0 Å². The molecule has 1 heterocycles. The Morgan fingerprint density at radius 3 is 2.83 bits per heavy atom. The van der Waals surface area contributed by atoms with Gasteiger partial charge in [-0.3, -0.25) is 9.59 Å². The van der Waals surface area contributed by atoms with E-state index in [0.29, 0.717) is 5.56 Å². The predicted molar refractivity (Wildman–Crippen MR) is 64.8 cm³/mol. The molecule has 96 valence electrons. The third kappa shape index (κ3) is 3.97. The van der Waals surface area contributed by atoms with Crippen LogP contribution in [0.25, 0.3) is 0 Å². The Morgan fingerprint density at radius 1 is 1.50 bits per heavy atom. The molecule has 0 unspecified atom stereocenters. The molecule has 0 spiro atoms. The second-order valence-corrected chi connectivity index (χ2v) is 3.41. The highest BCUT2D eigenvalue weighted by atomic mass is 16.5. The van der Waals surface area contributed by atoms with Gasteiger partial charge >= 0.3 is 5.97 Å². The van der Waals surface area contributed by atoms with Crippen LogP contribution in [0.1, 0.15) is 17.3 Å². The van der Waals surface area contributed by atoms with Gasteiger partial charge in [0.05, 0.1) is 24.6 Å². The van der Waals surface area contributed by atoms with Crippen LogP contribution in [0.15, 0.2) is 31.1 Å². The molecule has 6 heteroatoms. The number of nitrogens with zero attached hydrogens (tertiary/aromatic N) is 3. The van der Waals surface area contributed by atoms with E-state index < -0.39 is 5.97 Å². The summed E-state index contributed by atoms with van der Waals surface area (Å²) in [5, 5.41) is 7.22. The minimum atomic E-state index is -0.449. The van der Waals surface area contributed by atoms with Gasteiger partial charge < -0.3 is 9.64 Å². The van der Waals surface area contributed by atoms with Crippen molar-refractivity contribution in [3.63, 3.8) is 0 Å². The zero-order valence-corrected chi connectivity index (χ0v) is 10.2. The van der Waals surface area contributed by atoms with Gasteiger partial charge in [-0.15, -0.1) is 6.58 Å². The molecule has 0 radical (unpaired) electrons. The second kappa shape index (κ2) is 7.16. The molecule has 0 atom stereocenters. The molecule has 0 aromatic carbocycles. The molecule has 0 N–H and O–H groups in total. The molecule has 1 aromatic heterocycles. The summed E-state index contributed by atoms with van der Waals surface area (Å²) < 4.78 is 4.81. The maximum Gasteiger partial charge on any atom is 0.325 e. The fraction of sp³-hybridized carbons (Fsp3) is 0.333. The van der Waals surface area contributed by atoms with Crippen LogP contribution in [0.4, 0.5) is 0 Å². The van der Waals surface area contributed by atoms with Crippen molar-refractivity contribution < 1.29 is 14.3 Å². The molecule has 0 saturated carbocycles. The molecule has 0 bridgehead atoms. The van der Waals surface area contributed by atoms with Crippen LogP contribution in [-0.2, 0) is 9.53 Å². The summed E-state index contributed by atoms with van der Waals surface area (Å²) in [5.74, 6) is -0.757. The second-order valence-electron chi connectivity index (χ2n) is 3.41. The summed E-state index contributed by atoms with van der Waals surface area (Å²) in [6, 6.07) is 1.54. The Hall–Kier alpha value is -2.24. The fourth-order valence-corrected chi connectivity index (χ4v) is 1.34. The number of esters is 1. The molecule has 0 fully saturated rings. The average Bonchev–Trinajstić information content (AvgIpc) is 2.39. The van der Waals surface area contributed by atoms with E-state index in [2.05, 4.69) is 16.8 Å². The number of hydrogen-bond donors (Lipinski definition) is 0. The number of hydrogen-bond acceptors (Lipinski definition) is 5. The molecular weight excluding hydrogens is 234 g/mol. The Balaban J connectivity index is 2.75. The highest BCUT2D eigenvalue weighted by molar-refractivity contribution is 5.95. The first-order chi connectivity index (χ1) is 8.69.